The number of likely N-dealkylation sites (tertiary alicyclic amines) is 1. The van der Waals surface area contributed by atoms with Crippen molar-refractivity contribution in [2.24, 2.45) is 11.8 Å². The van der Waals surface area contributed by atoms with E-state index in [2.05, 4.69) is 24.1 Å². The molecule has 3 heterocycles. The first-order valence-electron chi connectivity index (χ1n) is 7.22. The molecule has 2 nitrogen and oxygen atoms in total. The van der Waals surface area contributed by atoms with Gasteiger partial charge < -0.3 is 10.2 Å². The van der Waals surface area contributed by atoms with Crippen LogP contribution in [-0.2, 0) is 0 Å². The molecule has 2 bridgehead atoms. The lowest BCUT2D eigenvalue weighted by molar-refractivity contribution is 0.0989. The van der Waals surface area contributed by atoms with Gasteiger partial charge in [0.2, 0.25) is 0 Å². The summed E-state index contributed by atoms with van der Waals surface area (Å²) in [7, 11) is 0. The summed E-state index contributed by atoms with van der Waals surface area (Å²) >= 11 is 0. The third kappa shape index (κ3) is 2.02. The zero-order valence-electron chi connectivity index (χ0n) is 10.8. The Morgan fingerprint density at radius 2 is 2.00 bits per heavy atom. The second kappa shape index (κ2) is 4.30. The van der Waals surface area contributed by atoms with E-state index in [9.17, 15) is 0 Å². The fraction of sp³-hybridized carbons (Fsp3) is 1.00. The second-order valence-corrected chi connectivity index (χ2v) is 6.53. The molecule has 0 aliphatic carbocycles. The molecule has 3 rings (SSSR count). The number of nitrogens with one attached hydrogen (secondary N) is 1. The van der Waals surface area contributed by atoms with Crippen LogP contribution in [-0.4, -0.2) is 36.1 Å². The predicted octanol–water partition coefficient (Wildman–Crippen LogP) is 2.25. The van der Waals surface area contributed by atoms with E-state index in [0.717, 1.165) is 30.0 Å². The minimum absolute atomic E-state index is 0.829. The van der Waals surface area contributed by atoms with Gasteiger partial charge in [0.1, 0.15) is 0 Å². The summed E-state index contributed by atoms with van der Waals surface area (Å²) in [6, 6.07) is 2.55. The van der Waals surface area contributed by atoms with Gasteiger partial charge in [-0.2, -0.15) is 0 Å². The molecule has 3 fully saturated rings. The molecule has 0 aromatic rings. The third-order valence-electron chi connectivity index (χ3n) is 5.15. The van der Waals surface area contributed by atoms with Gasteiger partial charge in [0.05, 0.1) is 0 Å². The number of piperidine rings is 1. The van der Waals surface area contributed by atoms with Crippen LogP contribution in [0.15, 0.2) is 0 Å². The molecule has 0 amide bonds. The first kappa shape index (κ1) is 11.0. The normalized spacial score (nSPS) is 48.8. The summed E-state index contributed by atoms with van der Waals surface area (Å²) in [6.07, 6.45) is 7.17. The second-order valence-electron chi connectivity index (χ2n) is 6.53. The Labute approximate surface area is 99.8 Å². The summed E-state index contributed by atoms with van der Waals surface area (Å²) < 4.78 is 0. The summed E-state index contributed by atoms with van der Waals surface area (Å²) in [5, 5.41) is 3.77. The van der Waals surface area contributed by atoms with Gasteiger partial charge >= 0.3 is 0 Å². The molecule has 1 N–H and O–H groups in total. The van der Waals surface area contributed by atoms with E-state index in [0.29, 0.717) is 0 Å². The fourth-order valence-corrected chi connectivity index (χ4v) is 4.07. The Hall–Kier alpha value is -0.0800. The average molecular weight is 222 g/mol. The van der Waals surface area contributed by atoms with Crippen molar-refractivity contribution >= 4 is 0 Å². The zero-order chi connectivity index (χ0) is 11.1. The quantitative estimate of drug-likeness (QED) is 0.771. The maximum atomic E-state index is 3.77. The molecular formula is C14H26N2. The van der Waals surface area contributed by atoms with Gasteiger partial charge in [-0.25, -0.2) is 0 Å². The molecule has 92 valence electrons. The topological polar surface area (TPSA) is 15.3 Å². The van der Waals surface area contributed by atoms with Crippen LogP contribution in [0.4, 0.5) is 0 Å². The SMILES string of the molecule is CC1CCC(C)N(CC2CC3CCC2N3)C1. The van der Waals surface area contributed by atoms with Crippen molar-refractivity contribution in [3.05, 3.63) is 0 Å². The van der Waals surface area contributed by atoms with E-state index in [1.54, 1.807) is 0 Å². The highest BCUT2D eigenvalue weighted by Crippen LogP contribution is 2.35. The molecule has 3 aliphatic heterocycles. The number of hydrogen-bond donors (Lipinski definition) is 1. The first-order chi connectivity index (χ1) is 7.72. The highest BCUT2D eigenvalue weighted by atomic mass is 15.2. The van der Waals surface area contributed by atoms with E-state index >= 15 is 0 Å². The molecule has 0 spiro atoms. The molecule has 0 radical (unpaired) electrons. The largest absolute Gasteiger partial charge is 0.311 e. The van der Waals surface area contributed by atoms with E-state index in [1.807, 2.05) is 0 Å². The molecule has 3 aliphatic rings. The summed E-state index contributed by atoms with van der Waals surface area (Å²) in [4.78, 5) is 2.77. The summed E-state index contributed by atoms with van der Waals surface area (Å²) in [6.45, 7) is 7.54. The van der Waals surface area contributed by atoms with Crippen molar-refractivity contribution in [2.45, 2.75) is 64.1 Å². The van der Waals surface area contributed by atoms with Crippen LogP contribution in [0.5, 0.6) is 0 Å². The Balaban J connectivity index is 1.57. The van der Waals surface area contributed by atoms with Crippen LogP contribution >= 0.6 is 0 Å². The van der Waals surface area contributed by atoms with Gasteiger partial charge in [0.15, 0.2) is 0 Å². The standard InChI is InChI=1S/C14H26N2/c1-10-3-4-11(2)16(8-10)9-12-7-13-5-6-14(12)15-13/h10-15H,3-9H2,1-2H3. The monoisotopic (exact) mass is 222 g/mol. The van der Waals surface area contributed by atoms with Gasteiger partial charge in [-0.3, -0.25) is 0 Å². The van der Waals surface area contributed by atoms with Crippen molar-refractivity contribution in [1.82, 2.24) is 10.2 Å². The highest BCUT2D eigenvalue weighted by Gasteiger charge is 2.40. The summed E-state index contributed by atoms with van der Waals surface area (Å²) in [5.41, 5.74) is 0. The maximum absolute atomic E-state index is 3.77. The molecule has 0 saturated carbocycles. The van der Waals surface area contributed by atoms with Crippen LogP contribution in [0.2, 0.25) is 0 Å². The Bertz CT molecular complexity index is 253. The van der Waals surface area contributed by atoms with Gasteiger partial charge in [-0.05, 0) is 50.9 Å². The molecule has 2 heteroatoms. The van der Waals surface area contributed by atoms with Gasteiger partial charge in [-0.15, -0.1) is 0 Å². The smallest absolute Gasteiger partial charge is 0.0111 e. The van der Waals surface area contributed by atoms with E-state index in [-0.39, 0.29) is 0 Å². The predicted molar refractivity (Wildman–Crippen MR) is 67.5 cm³/mol. The molecule has 0 aromatic carbocycles. The molecule has 16 heavy (non-hydrogen) atoms. The maximum Gasteiger partial charge on any atom is 0.0111 e. The zero-order valence-corrected chi connectivity index (χ0v) is 10.8. The molecular weight excluding hydrogens is 196 g/mol. The molecule has 5 atom stereocenters. The van der Waals surface area contributed by atoms with Gasteiger partial charge in [-0.1, -0.05) is 6.92 Å². The van der Waals surface area contributed by atoms with Crippen LogP contribution in [0.25, 0.3) is 0 Å². The van der Waals surface area contributed by atoms with Crippen LogP contribution in [0.3, 0.4) is 0 Å². The van der Waals surface area contributed by atoms with Crippen molar-refractivity contribution in [1.29, 1.82) is 0 Å². The van der Waals surface area contributed by atoms with E-state index in [1.165, 1.54) is 45.2 Å². The lowest BCUT2D eigenvalue weighted by Gasteiger charge is -2.39. The minimum atomic E-state index is 0.829. The highest BCUT2D eigenvalue weighted by molar-refractivity contribution is 4.98. The Morgan fingerprint density at radius 3 is 2.69 bits per heavy atom. The lowest BCUT2D eigenvalue weighted by atomic mass is 9.87. The third-order valence-corrected chi connectivity index (χ3v) is 5.15. The number of nitrogens with zero attached hydrogens (tertiary/aromatic N) is 1. The number of hydrogen-bond acceptors (Lipinski definition) is 2. The van der Waals surface area contributed by atoms with Crippen LogP contribution in [0.1, 0.15) is 46.0 Å². The fourth-order valence-electron chi connectivity index (χ4n) is 4.07. The summed E-state index contributed by atoms with van der Waals surface area (Å²) in [5.74, 6) is 1.87. The average Bonchev–Trinajstić information content (AvgIpc) is 2.85. The van der Waals surface area contributed by atoms with Crippen LogP contribution in [0, 0.1) is 11.8 Å². The lowest BCUT2D eigenvalue weighted by Crippen LogP contribution is -2.45. The molecule has 0 aromatic heterocycles. The van der Waals surface area contributed by atoms with E-state index < -0.39 is 0 Å². The Kier molecular flexibility index (Phi) is 2.97. The van der Waals surface area contributed by atoms with Crippen LogP contribution < -0.4 is 5.32 Å². The first-order valence-corrected chi connectivity index (χ1v) is 7.22. The van der Waals surface area contributed by atoms with Crippen molar-refractivity contribution in [3.8, 4) is 0 Å². The van der Waals surface area contributed by atoms with E-state index in [4.69, 9.17) is 0 Å². The molecule has 5 unspecified atom stereocenters. The van der Waals surface area contributed by atoms with Crippen molar-refractivity contribution in [3.63, 3.8) is 0 Å². The minimum Gasteiger partial charge on any atom is -0.311 e. The van der Waals surface area contributed by atoms with Gasteiger partial charge in [0, 0.05) is 31.2 Å². The number of fused-ring (bicyclic) bond motifs is 2. The molecule has 3 saturated heterocycles. The van der Waals surface area contributed by atoms with Gasteiger partial charge in [0.25, 0.3) is 0 Å². The number of rotatable bonds is 2. The van der Waals surface area contributed by atoms with Crippen molar-refractivity contribution in [2.75, 3.05) is 13.1 Å². The Morgan fingerprint density at radius 1 is 1.12 bits per heavy atom. The van der Waals surface area contributed by atoms with Crippen molar-refractivity contribution < 1.29 is 0 Å².